The molecule has 4 rings (SSSR count). The van der Waals surface area contributed by atoms with E-state index >= 15 is 0 Å². The van der Waals surface area contributed by atoms with Gasteiger partial charge in [-0.25, -0.2) is 9.50 Å². The molecule has 1 N–H and O–H groups in total. The molecule has 1 aliphatic rings. The van der Waals surface area contributed by atoms with Crippen LogP contribution < -0.4 is 5.32 Å². The molecule has 4 nitrogen and oxygen atoms in total. The molecule has 0 atom stereocenters. The zero-order chi connectivity index (χ0) is 15.0. The van der Waals surface area contributed by atoms with E-state index in [0.29, 0.717) is 0 Å². The van der Waals surface area contributed by atoms with Gasteiger partial charge in [-0.3, -0.25) is 0 Å². The molecule has 1 fully saturated rings. The smallest absolute Gasteiger partial charge is 0.152 e. The van der Waals surface area contributed by atoms with Gasteiger partial charge in [0, 0.05) is 24.4 Å². The van der Waals surface area contributed by atoms with Gasteiger partial charge in [-0.15, -0.1) is 0 Å². The Morgan fingerprint density at radius 1 is 1.23 bits per heavy atom. The van der Waals surface area contributed by atoms with E-state index in [1.807, 2.05) is 17.6 Å². The van der Waals surface area contributed by atoms with Crippen molar-refractivity contribution in [2.24, 2.45) is 0 Å². The van der Waals surface area contributed by atoms with Gasteiger partial charge in [0.2, 0.25) is 0 Å². The topological polar surface area (TPSA) is 42.2 Å². The Morgan fingerprint density at radius 2 is 2.05 bits per heavy atom. The molecule has 3 aromatic rings. The molecule has 0 spiro atoms. The maximum absolute atomic E-state index is 4.50. The number of fused-ring (bicyclic) bond motifs is 1. The van der Waals surface area contributed by atoms with E-state index in [4.69, 9.17) is 0 Å². The molecule has 0 amide bonds. The minimum absolute atomic E-state index is 0.255. The lowest BCUT2D eigenvalue weighted by Gasteiger charge is -2.42. The molecular weight excluding hydrogens is 272 g/mol. The minimum atomic E-state index is 0.255. The third kappa shape index (κ3) is 2.15. The lowest BCUT2D eigenvalue weighted by Crippen LogP contribution is -2.41. The summed E-state index contributed by atoms with van der Waals surface area (Å²) in [5, 5.41) is 8.02. The van der Waals surface area contributed by atoms with Gasteiger partial charge in [0.1, 0.15) is 5.52 Å². The van der Waals surface area contributed by atoms with E-state index in [1.165, 1.54) is 24.8 Å². The van der Waals surface area contributed by atoms with E-state index in [2.05, 4.69) is 51.8 Å². The van der Waals surface area contributed by atoms with Crippen LogP contribution in [0.25, 0.3) is 5.52 Å². The van der Waals surface area contributed by atoms with Crippen molar-refractivity contribution >= 4 is 11.3 Å². The average Bonchev–Trinajstić information content (AvgIpc) is 2.88. The Hall–Kier alpha value is -2.36. The van der Waals surface area contributed by atoms with Crippen molar-refractivity contribution in [1.29, 1.82) is 0 Å². The third-order valence-electron chi connectivity index (χ3n) is 4.80. The molecule has 0 aliphatic heterocycles. The Kier molecular flexibility index (Phi) is 3.10. The summed E-state index contributed by atoms with van der Waals surface area (Å²) >= 11 is 0. The van der Waals surface area contributed by atoms with Crippen LogP contribution in [0.2, 0.25) is 0 Å². The highest BCUT2D eigenvalue weighted by atomic mass is 15.2. The Balaban J connectivity index is 1.61. The van der Waals surface area contributed by atoms with Crippen molar-refractivity contribution in [3.63, 3.8) is 0 Å². The molecule has 4 heteroatoms. The number of aryl methyl sites for hydroxylation is 1. The molecule has 1 aromatic carbocycles. The molecule has 22 heavy (non-hydrogen) atoms. The second-order valence-corrected chi connectivity index (χ2v) is 6.24. The highest BCUT2D eigenvalue weighted by Crippen LogP contribution is 2.43. The molecule has 0 unspecified atom stereocenters. The molecular formula is C18H20N4. The number of nitrogens with one attached hydrogen (secondary N) is 1. The Bertz CT molecular complexity index is 787. The number of anilines is 1. The predicted octanol–water partition coefficient (Wildman–Crippen LogP) is 3.57. The first-order valence-corrected chi connectivity index (χ1v) is 7.87. The average molecular weight is 292 g/mol. The van der Waals surface area contributed by atoms with Crippen molar-refractivity contribution in [1.82, 2.24) is 14.6 Å². The largest absolute Gasteiger partial charge is 0.367 e. The van der Waals surface area contributed by atoms with E-state index in [1.54, 1.807) is 6.20 Å². The Labute approximate surface area is 130 Å². The molecule has 0 radical (unpaired) electrons. The summed E-state index contributed by atoms with van der Waals surface area (Å²) in [7, 11) is 0. The van der Waals surface area contributed by atoms with Crippen LogP contribution in [-0.2, 0) is 5.41 Å². The molecule has 0 bridgehead atoms. The lowest BCUT2D eigenvalue weighted by molar-refractivity contribution is 0.260. The zero-order valence-corrected chi connectivity index (χ0v) is 12.8. The van der Waals surface area contributed by atoms with Crippen LogP contribution in [0.15, 0.2) is 48.8 Å². The quantitative estimate of drug-likeness (QED) is 0.799. The van der Waals surface area contributed by atoms with Crippen molar-refractivity contribution in [3.05, 3.63) is 60.0 Å². The van der Waals surface area contributed by atoms with Crippen LogP contribution in [0.3, 0.4) is 0 Å². The van der Waals surface area contributed by atoms with Gasteiger partial charge >= 0.3 is 0 Å². The van der Waals surface area contributed by atoms with E-state index in [-0.39, 0.29) is 5.41 Å². The van der Waals surface area contributed by atoms with Crippen LogP contribution in [-0.4, -0.2) is 21.1 Å². The van der Waals surface area contributed by atoms with Gasteiger partial charge in [-0.05, 0) is 31.4 Å². The Morgan fingerprint density at radius 3 is 2.77 bits per heavy atom. The SMILES string of the molecule is Cc1cc2c(NCC3(c4ccccc4)CCC3)nccn2n1. The van der Waals surface area contributed by atoms with E-state index in [9.17, 15) is 0 Å². The predicted molar refractivity (Wildman–Crippen MR) is 88.2 cm³/mol. The van der Waals surface area contributed by atoms with Crippen molar-refractivity contribution < 1.29 is 0 Å². The summed E-state index contributed by atoms with van der Waals surface area (Å²) < 4.78 is 1.89. The fourth-order valence-corrected chi connectivity index (χ4v) is 3.40. The number of benzene rings is 1. The first kappa shape index (κ1) is 13.3. The fraction of sp³-hybridized carbons (Fsp3) is 0.333. The zero-order valence-electron chi connectivity index (χ0n) is 12.8. The maximum Gasteiger partial charge on any atom is 0.152 e. The van der Waals surface area contributed by atoms with Crippen LogP contribution in [0.5, 0.6) is 0 Å². The summed E-state index contributed by atoms with van der Waals surface area (Å²) in [6.07, 6.45) is 7.48. The standard InChI is InChI=1S/C18H20N4/c1-14-12-16-17(19-10-11-22(16)21-14)20-13-18(8-5-9-18)15-6-3-2-4-7-15/h2-4,6-7,10-12H,5,8-9,13H2,1H3,(H,19,20). The molecule has 0 saturated heterocycles. The molecule has 1 aliphatic carbocycles. The van der Waals surface area contributed by atoms with Gasteiger partial charge < -0.3 is 5.32 Å². The molecule has 2 aromatic heterocycles. The summed E-state index contributed by atoms with van der Waals surface area (Å²) in [5.41, 5.74) is 3.75. The van der Waals surface area contributed by atoms with Gasteiger partial charge in [0.15, 0.2) is 5.82 Å². The number of hydrogen-bond donors (Lipinski definition) is 1. The molecule has 112 valence electrons. The maximum atomic E-state index is 4.50. The number of rotatable bonds is 4. The normalized spacial score (nSPS) is 16.4. The van der Waals surface area contributed by atoms with Crippen LogP contribution in [0, 0.1) is 6.92 Å². The summed E-state index contributed by atoms with van der Waals surface area (Å²) in [6, 6.07) is 12.9. The van der Waals surface area contributed by atoms with Crippen molar-refractivity contribution in [3.8, 4) is 0 Å². The lowest BCUT2D eigenvalue weighted by atomic mass is 9.64. The summed E-state index contributed by atoms with van der Waals surface area (Å²) in [4.78, 5) is 4.50. The summed E-state index contributed by atoms with van der Waals surface area (Å²) in [6.45, 7) is 2.93. The minimum Gasteiger partial charge on any atom is -0.367 e. The van der Waals surface area contributed by atoms with E-state index in [0.717, 1.165) is 23.6 Å². The second-order valence-electron chi connectivity index (χ2n) is 6.24. The monoisotopic (exact) mass is 292 g/mol. The second kappa shape index (κ2) is 5.13. The highest BCUT2D eigenvalue weighted by Gasteiger charge is 2.38. The van der Waals surface area contributed by atoms with Gasteiger partial charge in [-0.1, -0.05) is 36.8 Å². The van der Waals surface area contributed by atoms with Crippen molar-refractivity contribution in [2.45, 2.75) is 31.6 Å². The number of aromatic nitrogens is 3. The van der Waals surface area contributed by atoms with Gasteiger partial charge in [-0.2, -0.15) is 5.10 Å². The fourth-order valence-electron chi connectivity index (χ4n) is 3.40. The third-order valence-corrected chi connectivity index (χ3v) is 4.80. The van der Waals surface area contributed by atoms with Crippen LogP contribution >= 0.6 is 0 Å². The number of hydrogen-bond acceptors (Lipinski definition) is 3. The van der Waals surface area contributed by atoms with Gasteiger partial charge in [0.25, 0.3) is 0 Å². The number of nitrogens with zero attached hydrogens (tertiary/aromatic N) is 3. The van der Waals surface area contributed by atoms with Gasteiger partial charge in [0.05, 0.1) is 5.69 Å². The van der Waals surface area contributed by atoms with Crippen molar-refractivity contribution in [2.75, 3.05) is 11.9 Å². The summed E-state index contributed by atoms with van der Waals surface area (Å²) in [5.74, 6) is 0.922. The highest BCUT2D eigenvalue weighted by molar-refractivity contribution is 5.67. The van der Waals surface area contributed by atoms with Crippen LogP contribution in [0.1, 0.15) is 30.5 Å². The van der Waals surface area contributed by atoms with E-state index < -0.39 is 0 Å². The first-order chi connectivity index (χ1) is 10.8. The van der Waals surface area contributed by atoms with Crippen LogP contribution in [0.4, 0.5) is 5.82 Å². The first-order valence-electron chi connectivity index (χ1n) is 7.87. The molecule has 1 saturated carbocycles. The molecule has 2 heterocycles.